The van der Waals surface area contributed by atoms with Crippen LogP contribution < -0.4 is 5.32 Å². The monoisotopic (exact) mass is 329 g/mol. The highest BCUT2D eigenvalue weighted by molar-refractivity contribution is 6.36. The Morgan fingerprint density at radius 3 is 1.92 bits per heavy atom. The second-order valence-electron chi connectivity index (χ2n) is 4.43. The maximum atomic E-state index is 11.7. The van der Waals surface area contributed by atoms with Crippen LogP contribution in [0.15, 0.2) is 54.6 Å². The zero-order valence-corrected chi connectivity index (χ0v) is 14.9. The molecule has 0 heterocycles. The Bertz CT molecular complexity index is 592. The van der Waals surface area contributed by atoms with Crippen LogP contribution in [0.1, 0.15) is 38.8 Å². The lowest BCUT2D eigenvalue weighted by Gasteiger charge is -2.05. The standard InChI is InChI=1S/C16H15NO3.2C2H6/c18-14-8-6-12(7-9-14)10-15(19)16(20)17-11-13-4-2-1-3-5-13;2*1-2/h1-9,18H,10-11H2,(H,17,20);2*1-2H3. The zero-order chi connectivity index (χ0) is 18.4. The number of hydrogen-bond donors (Lipinski definition) is 2. The van der Waals surface area contributed by atoms with E-state index in [1.54, 1.807) is 12.1 Å². The average Bonchev–Trinajstić information content (AvgIpc) is 2.65. The third-order valence-electron chi connectivity index (χ3n) is 2.85. The van der Waals surface area contributed by atoms with Crippen molar-refractivity contribution in [1.82, 2.24) is 5.32 Å². The van der Waals surface area contributed by atoms with Gasteiger partial charge in [0.2, 0.25) is 5.78 Å². The predicted molar refractivity (Wildman–Crippen MR) is 97.8 cm³/mol. The minimum absolute atomic E-state index is 0.0287. The molecule has 0 aliphatic rings. The van der Waals surface area contributed by atoms with E-state index in [0.717, 1.165) is 5.56 Å². The zero-order valence-electron chi connectivity index (χ0n) is 14.9. The molecule has 0 unspecified atom stereocenters. The number of ketones is 1. The lowest BCUT2D eigenvalue weighted by Crippen LogP contribution is -2.31. The first-order valence-electron chi connectivity index (χ1n) is 8.28. The summed E-state index contributed by atoms with van der Waals surface area (Å²) in [6, 6.07) is 15.6. The third-order valence-corrected chi connectivity index (χ3v) is 2.85. The van der Waals surface area contributed by atoms with Gasteiger partial charge in [0.05, 0.1) is 0 Å². The molecule has 2 rings (SSSR count). The van der Waals surface area contributed by atoms with Gasteiger partial charge in [-0.3, -0.25) is 9.59 Å². The van der Waals surface area contributed by atoms with Crippen molar-refractivity contribution in [3.05, 3.63) is 65.7 Å². The number of phenols is 1. The molecule has 0 bridgehead atoms. The summed E-state index contributed by atoms with van der Waals surface area (Å²) in [5, 5.41) is 11.7. The second kappa shape index (κ2) is 12.9. The maximum Gasteiger partial charge on any atom is 0.287 e. The van der Waals surface area contributed by atoms with Gasteiger partial charge in [-0.1, -0.05) is 70.2 Å². The molecule has 2 aromatic carbocycles. The summed E-state index contributed by atoms with van der Waals surface area (Å²) in [7, 11) is 0. The molecule has 0 aromatic heterocycles. The summed E-state index contributed by atoms with van der Waals surface area (Å²) in [5.41, 5.74) is 1.64. The molecule has 0 fully saturated rings. The Balaban J connectivity index is 0.00000123. The first-order chi connectivity index (χ1) is 11.6. The van der Waals surface area contributed by atoms with Gasteiger partial charge >= 0.3 is 0 Å². The highest BCUT2D eigenvalue weighted by Gasteiger charge is 2.13. The van der Waals surface area contributed by atoms with Crippen molar-refractivity contribution < 1.29 is 14.7 Å². The van der Waals surface area contributed by atoms with Gasteiger partial charge in [-0.15, -0.1) is 0 Å². The van der Waals surface area contributed by atoms with Crippen molar-refractivity contribution >= 4 is 11.7 Å². The summed E-state index contributed by atoms with van der Waals surface area (Å²) >= 11 is 0. The first-order valence-corrected chi connectivity index (χ1v) is 8.28. The minimum atomic E-state index is -0.595. The van der Waals surface area contributed by atoms with Crippen molar-refractivity contribution in [2.24, 2.45) is 0 Å². The van der Waals surface area contributed by atoms with Crippen LogP contribution in [0.4, 0.5) is 0 Å². The van der Waals surface area contributed by atoms with Crippen molar-refractivity contribution in [2.45, 2.75) is 40.7 Å². The third kappa shape index (κ3) is 8.13. The van der Waals surface area contributed by atoms with Crippen LogP contribution in [0.3, 0.4) is 0 Å². The summed E-state index contributed by atoms with van der Waals surface area (Å²) in [4.78, 5) is 23.4. The van der Waals surface area contributed by atoms with Gasteiger partial charge < -0.3 is 10.4 Å². The first kappa shape index (κ1) is 21.4. The SMILES string of the molecule is CC.CC.O=C(Cc1ccc(O)cc1)C(=O)NCc1ccccc1. The fourth-order valence-electron chi connectivity index (χ4n) is 1.76. The van der Waals surface area contributed by atoms with E-state index < -0.39 is 11.7 Å². The largest absolute Gasteiger partial charge is 0.508 e. The van der Waals surface area contributed by atoms with E-state index in [2.05, 4.69) is 5.32 Å². The molecule has 4 nitrogen and oxygen atoms in total. The molecule has 0 aliphatic heterocycles. The Kier molecular flexibility index (Phi) is 11.5. The van der Waals surface area contributed by atoms with E-state index in [4.69, 9.17) is 5.11 Å². The Hall–Kier alpha value is -2.62. The van der Waals surface area contributed by atoms with E-state index >= 15 is 0 Å². The Morgan fingerprint density at radius 1 is 0.833 bits per heavy atom. The summed E-state index contributed by atoms with van der Waals surface area (Å²) in [5.74, 6) is -0.955. The smallest absolute Gasteiger partial charge is 0.287 e. The van der Waals surface area contributed by atoms with Crippen molar-refractivity contribution in [1.29, 1.82) is 0 Å². The number of nitrogens with one attached hydrogen (secondary N) is 1. The number of carbonyl (C=O) groups is 2. The van der Waals surface area contributed by atoms with Crippen molar-refractivity contribution in [2.75, 3.05) is 0 Å². The van der Waals surface area contributed by atoms with Crippen LogP contribution in [-0.4, -0.2) is 16.8 Å². The number of aromatic hydroxyl groups is 1. The van der Waals surface area contributed by atoms with Gasteiger partial charge in [-0.2, -0.15) is 0 Å². The number of hydrogen-bond acceptors (Lipinski definition) is 3. The van der Waals surface area contributed by atoms with Gasteiger partial charge in [-0.25, -0.2) is 0 Å². The topological polar surface area (TPSA) is 66.4 Å². The van der Waals surface area contributed by atoms with E-state index in [-0.39, 0.29) is 12.2 Å². The van der Waals surface area contributed by atoms with E-state index in [9.17, 15) is 9.59 Å². The molecule has 0 radical (unpaired) electrons. The van der Waals surface area contributed by atoms with Crippen LogP contribution in [0.2, 0.25) is 0 Å². The van der Waals surface area contributed by atoms with Crippen LogP contribution in [0.25, 0.3) is 0 Å². The highest BCUT2D eigenvalue weighted by Crippen LogP contribution is 2.10. The van der Waals surface area contributed by atoms with Crippen LogP contribution in [0.5, 0.6) is 5.75 Å². The Labute approximate surface area is 144 Å². The van der Waals surface area contributed by atoms with Gasteiger partial charge in [0.1, 0.15) is 5.75 Å². The molecular weight excluding hydrogens is 302 g/mol. The molecule has 1 amide bonds. The van der Waals surface area contributed by atoms with Crippen LogP contribution in [-0.2, 0) is 22.6 Å². The number of Topliss-reactive ketones (excluding diaryl/α,β-unsaturated/α-hetero) is 1. The molecule has 24 heavy (non-hydrogen) atoms. The molecule has 0 atom stereocenters. The summed E-state index contributed by atoms with van der Waals surface area (Å²) in [6.45, 7) is 8.33. The van der Waals surface area contributed by atoms with Gasteiger partial charge in [0.25, 0.3) is 5.91 Å². The maximum absolute atomic E-state index is 11.7. The fraction of sp³-hybridized carbons (Fsp3) is 0.300. The van der Waals surface area contributed by atoms with Crippen LogP contribution >= 0.6 is 0 Å². The predicted octanol–water partition coefficient (Wildman–Crippen LogP) is 3.87. The van der Waals surface area contributed by atoms with Crippen molar-refractivity contribution in [3.63, 3.8) is 0 Å². The van der Waals surface area contributed by atoms with Crippen molar-refractivity contribution in [3.8, 4) is 5.75 Å². The van der Waals surface area contributed by atoms with Gasteiger partial charge in [0, 0.05) is 13.0 Å². The molecular formula is C20H27NO3. The van der Waals surface area contributed by atoms with E-state index in [1.807, 2.05) is 58.0 Å². The average molecular weight is 329 g/mol. The minimum Gasteiger partial charge on any atom is -0.508 e. The molecule has 4 heteroatoms. The molecule has 2 N–H and O–H groups in total. The quantitative estimate of drug-likeness (QED) is 0.818. The molecule has 0 spiro atoms. The van der Waals surface area contributed by atoms with E-state index in [1.165, 1.54) is 12.1 Å². The van der Waals surface area contributed by atoms with Gasteiger partial charge in [0.15, 0.2) is 0 Å². The normalized spacial score (nSPS) is 8.83. The highest BCUT2D eigenvalue weighted by atomic mass is 16.3. The number of rotatable bonds is 5. The van der Waals surface area contributed by atoms with E-state index in [0.29, 0.717) is 12.1 Å². The number of carbonyl (C=O) groups excluding carboxylic acids is 2. The number of phenolic OH excluding ortho intramolecular Hbond substituents is 1. The lowest BCUT2D eigenvalue weighted by molar-refractivity contribution is -0.137. The fourth-order valence-corrected chi connectivity index (χ4v) is 1.76. The number of benzene rings is 2. The van der Waals surface area contributed by atoms with Crippen LogP contribution in [0, 0.1) is 0 Å². The van der Waals surface area contributed by atoms with Gasteiger partial charge in [-0.05, 0) is 23.3 Å². The molecule has 2 aromatic rings. The lowest BCUT2D eigenvalue weighted by atomic mass is 10.1. The molecule has 0 saturated heterocycles. The Morgan fingerprint density at radius 2 is 1.38 bits per heavy atom. The number of amides is 1. The summed E-state index contributed by atoms with van der Waals surface area (Å²) < 4.78 is 0. The molecule has 130 valence electrons. The molecule has 0 saturated carbocycles. The second-order valence-corrected chi connectivity index (χ2v) is 4.43. The molecule has 0 aliphatic carbocycles. The summed E-state index contributed by atoms with van der Waals surface area (Å²) in [6.07, 6.45) is 0.0287.